The predicted molar refractivity (Wildman–Crippen MR) is 36.3 cm³/mol. The zero-order valence-electron chi connectivity index (χ0n) is 6.49. The number of aliphatic hydroxyl groups excluding tert-OH is 3. The van der Waals surface area contributed by atoms with Gasteiger partial charge < -0.3 is 30.3 Å². The summed E-state index contributed by atoms with van der Waals surface area (Å²) in [5, 5.41) is 44.4. The molecule has 0 bridgehead atoms. The molecule has 13 heavy (non-hydrogen) atoms. The van der Waals surface area contributed by atoms with Crippen LogP contribution in [0, 0.1) is 0 Å². The molecule has 0 amide bonds. The highest BCUT2D eigenvalue weighted by molar-refractivity contribution is 5.75. The summed E-state index contributed by atoms with van der Waals surface area (Å²) >= 11 is 0. The van der Waals surface area contributed by atoms with E-state index < -0.39 is 36.7 Å². The minimum atomic E-state index is -2.64. The molecular weight excluding hydrogens is 184 g/mol. The van der Waals surface area contributed by atoms with Crippen LogP contribution in [0.15, 0.2) is 0 Å². The van der Waals surface area contributed by atoms with Crippen molar-refractivity contribution in [3.63, 3.8) is 0 Å². The maximum Gasteiger partial charge on any atom is 0.364 e. The van der Waals surface area contributed by atoms with Gasteiger partial charge in [-0.15, -0.1) is 0 Å². The highest BCUT2D eigenvalue weighted by Gasteiger charge is 2.49. The Morgan fingerprint density at radius 1 is 1.38 bits per heavy atom. The zero-order chi connectivity index (χ0) is 10.2. The molecule has 0 spiro atoms. The molecule has 7 heteroatoms. The second-order valence-electron chi connectivity index (χ2n) is 2.86. The van der Waals surface area contributed by atoms with E-state index in [9.17, 15) is 4.79 Å². The van der Waals surface area contributed by atoms with E-state index in [0.717, 1.165) is 0 Å². The van der Waals surface area contributed by atoms with Crippen LogP contribution in [-0.4, -0.2) is 55.8 Å². The molecule has 0 aromatic carbocycles. The molecule has 1 rings (SSSR count). The first-order valence-electron chi connectivity index (χ1n) is 3.54. The Morgan fingerprint density at radius 3 is 2.31 bits per heavy atom. The lowest BCUT2D eigenvalue weighted by atomic mass is 10.00. The van der Waals surface area contributed by atoms with Gasteiger partial charge in [0.1, 0.15) is 6.10 Å². The Bertz CT molecular complexity index is 203. The monoisotopic (exact) mass is 194 g/mol. The fourth-order valence-electron chi connectivity index (χ4n) is 1.05. The summed E-state index contributed by atoms with van der Waals surface area (Å²) in [7, 11) is 0. The summed E-state index contributed by atoms with van der Waals surface area (Å²) in [6, 6.07) is 0. The van der Waals surface area contributed by atoms with Crippen molar-refractivity contribution in [1.29, 1.82) is 0 Å². The molecule has 1 heterocycles. The molecule has 1 aliphatic rings. The topological polar surface area (TPSA) is 127 Å². The van der Waals surface area contributed by atoms with Crippen molar-refractivity contribution >= 4 is 5.97 Å². The number of carbonyl (C=O) groups is 1. The van der Waals surface area contributed by atoms with Gasteiger partial charge in [0.05, 0.1) is 6.10 Å². The normalized spacial score (nSPS) is 46.0. The summed E-state index contributed by atoms with van der Waals surface area (Å²) in [6.45, 7) is 0. The van der Waals surface area contributed by atoms with Gasteiger partial charge in [-0.1, -0.05) is 0 Å². The molecule has 0 aromatic heterocycles. The summed E-state index contributed by atoms with van der Waals surface area (Å²) in [6.07, 6.45) is -5.75. The largest absolute Gasteiger partial charge is 0.477 e. The molecule has 0 aliphatic carbocycles. The van der Waals surface area contributed by atoms with Gasteiger partial charge in [0.2, 0.25) is 0 Å². The van der Waals surface area contributed by atoms with Gasteiger partial charge in [-0.05, 0) is 0 Å². The van der Waals surface area contributed by atoms with E-state index in [4.69, 9.17) is 25.5 Å². The molecule has 0 aromatic rings. The van der Waals surface area contributed by atoms with Gasteiger partial charge in [-0.25, -0.2) is 4.79 Å². The molecule has 4 atom stereocenters. The van der Waals surface area contributed by atoms with Crippen LogP contribution in [-0.2, 0) is 9.53 Å². The first-order chi connectivity index (χ1) is 5.87. The van der Waals surface area contributed by atoms with Crippen LogP contribution in [0.2, 0.25) is 0 Å². The van der Waals surface area contributed by atoms with E-state index >= 15 is 0 Å². The number of carboxylic acids is 1. The summed E-state index contributed by atoms with van der Waals surface area (Å²) in [4.78, 5) is 10.4. The van der Waals surface area contributed by atoms with E-state index in [2.05, 4.69) is 4.74 Å². The fourth-order valence-corrected chi connectivity index (χ4v) is 1.05. The van der Waals surface area contributed by atoms with Crippen LogP contribution in [0.1, 0.15) is 6.42 Å². The molecule has 1 fully saturated rings. The Balaban J connectivity index is 2.79. The van der Waals surface area contributed by atoms with Crippen LogP contribution < -0.4 is 0 Å². The lowest BCUT2D eigenvalue weighted by molar-refractivity contribution is -0.337. The highest BCUT2D eigenvalue weighted by Crippen LogP contribution is 2.26. The van der Waals surface area contributed by atoms with Gasteiger partial charge in [-0.2, -0.15) is 0 Å². The van der Waals surface area contributed by atoms with Crippen molar-refractivity contribution in [1.82, 2.24) is 0 Å². The van der Waals surface area contributed by atoms with Crippen molar-refractivity contribution in [2.45, 2.75) is 30.7 Å². The average Bonchev–Trinajstić information content (AvgIpc) is 2.00. The number of rotatable bonds is 1. The SMILES string of the molecule is O=C(O)C1(O)C[C@H](O)C(O)[C@H](O)O1. The van der Waals surface area contributed by atoms with E-state index in [1.807, 2.05) is 0 Å². The molecule has 76 valence electrons. The third-order valence-electron chi connectivity index (χ3n) is 1.82. The summed E-state index contributed by atoms with van der Waals surface area (Å²) < 4.78 is 4.22. The minimum absolute atomic E-state index is 0.694. The lowest BCUT2D eigenvalue weighted by Gasteiger charge is -2.37. The zero-order valence-corrected chi connectivity index (χ0v) is 6.49. The fraction of sp³-hybridized carbons (Fsp3) is 0.833. The number of hydrogen-bond donors (Lipinski definition) is 5. The second-order valence-corrected chi connectivity index (χ2v) is 2.86. The van der Waals surface area contributed by atoms with E-state index in [-0.39, 0.29) is 0 Å². The van der Waals surface area contributed by atoms with Crippen LogP contribution >= 0.6 is 0 Å². The molecule has 2 unspecified atom stereocenters. The summed E-state index contributed by atoms with van der Waals surface area (Å²) in [5.74, 6) is -4.37. The van der Waals surface area contributed by atoms with Crippen LogP contribution in [0.25, 0.3) is 0 Å². The number of ether oxygens (including phenoxy) is 1. The second kappa shape index (κ2) is 3.20. The van der Waals surface area contributed by atoms with E-state index in [0.29, 0.717) is 0 Å². The van der Waals surface area contributed by atoms with E-state index in [1.165, 1.54) is 0 Å². The predicted octanol–water partition coefficient (Wildman–Crippen LogP) is -2.78. The Hall–Kier alpha value is -0.730. The Labute approximate surface area is 72.8 Å². The van der Waals surface area contributed by atoms with Crippen LogP contribution in [0.4, 0.5) is 0 Å². The highest BCUT2D eigenvalue weighted by atomic mass is 16.7. The first kappa shape index (κ1) is 10.4. The van der Waals surface area contributed by atoms with Crippen LogP contribution in [0.5, 0.6) is 0 Å². The maximum atomic E-state index is 10.4. The van der Waals surface area contributed by atoms with Gasteiger partial charge in [-0.3, -0.25) is 0 Å². The number of carboxylic acid groups (broad SMARTS) is 1. The van der Waals surface area contributed by atoms with Crippen LogP contribution in [0.3, 0.4) is 0 Å². The minimum Gasteiger partial charge on any atom is -0.477 e. The average molecular weight is 194 g/mol. The maximum absolute atomic E-state index is 10.4. The third kappa shape index (κ3) is 1.79. The standard InChI is InChI=1S/C6H10O7/c7-2-1-6(12,5(10)11)13-4(9)3(2)8/h2-4,7-9,12H,1H2,(H,10,11)/t2-,3?,4+,6?/m0/s1. The first-order valence-corrected chi connectivity index (χ1v) is 3.54. The van der Waals surface area contributed by atoms with Gasteiger partial charge in [0.15, 0.2) is 6.29 Å². The lowest BCUT2D eigenvalue weighted by Crippen LogP contribution is -2.58. The quantitative estimate of drug-likeness (QED) is 0.305. The van der Waals surface area contributed by atoms with Gasteiger partial charge in [0, 0.05) is 6.42 Å². The third-order valence-corrected chi connectivity index (χ3v) is 1.82. The van der Waals surface area contributed by atoms with Crippen molar-refractivity contribution in [2.75, 3.05) is 0 Å². The van der Waals surface area contributed by atoms with E-state index in [1.54, 1.807) is 0 Å². The van der Waals surface area contributed by atoms with Gasteiger partial charge in [0.25, 0.3) is 5.79 Å². The Kier molecular flexibility index (Phi) is 2.55. The smallest absolute Gasteiger partial charge is 0.364 e. The van der Waals surface area contributed by atoms with Crippen molar-refractivity contribution < 1.29 is 35.1 Å². The van der Waals surface area contributed by atoms with Crippen molar-refractivity contribution in [3.8, 4) is 0 Å². The number of aliphatic carboxylic acids is 1. The molecular formula is C6H10O7. The van der Waals surface area contributed by atoms with Crippen molar-refractivity contribution in [2.24, 2.45) is 0 Å². The molecule has 0 radical (unpaired) electrons. The molecule has 7 nitrogen and oxygen atoms in total. The Morgan fingerprint density at radius 2 is 1.92 bits per heavy atom. The molecule has 1 aliphatic heterocycles. The molecule has 5 N–H and O–H groups in total. The number of hydrogen-bond acceptors (Lipinski definition) is 6. The summed E-state index contributed by atoms with van der Waals surface area (Å²) in [5.41, 5.74) is 0. The molecule has 0 saturated carbocycles. The molecule has 1 saturated heterocycles. The van der Waals surface area contributed by atoms with Crippen molar-refractivity contribution in [3.05, 3.63) is 0 Å². The van der Waals surface area contributed by atoms with Gasteiger partial charge >= 0.3 is 5.97 Å². The number of aliphatic hydroxyl groups is 4.